The summed E-state index contributed by atoms with van der Waals surface area (Å²) < 4.78 is 5.74. The van der Waals surface area contributed by atoms with Crippen molar-refractivity contribution in [3.63, 3.8) is 0 Å². The number of nitrogens with one attached hydrogen (secondary N) is 1. The normalized spacial score (nSPS) is 20.9. The van der Waals surface area contributed by atoms with Gasteiger partial charge in [0.15, 0.2) is 0 Å². The van der Waals surface area contributed by atoms with Crippen LogP contribution < -0.4 is 11.1 Å². The average molecular weight is 242 g/mol. The number of ether oxygens (including phenoxy) is 1. The highest BCUT2D eigenvalue weighted by atomic mass is 16.5. The molecule has 2 atom stereocenters. The fourth-order valence-corrected chi connectivity index (χ4v) is 2.13. The van der Waals surface area contributed by atoms with Crippen LogP contribution in [0.15, 0.2) is 0 Å². The zero-order valence-electron chi connectivity index (χ0n) is 11.3. The van der Waals surface area contributed by atoms with E-state index in [1.807, 2.05) is 20.8 Å². The maximum absolute atomic E-state index is 11.4. The van der Waals surface area contributed by atoms with Crippen molar-refractivity contribution < 1.29 is 9.53 Å². The molecule has 0 aliphatic heterocycles. The molecule has 0 saturated heterocycles. The van der Waals surface area contributed by atoms with E-state index in [2.05, 4.69) is 5.32 Å². The number of carbonyl (C=O) groups excluding carboxylic acids is 1. The summed E-state index contributed by atoms with van der Waals surface area (Å²) in [5, 5.41) is 3.15. The van der Waals surface area contributed by atoms with Gasteiger partial charge in [0.05, 0.1) is 11.6 Å². The fourth-order valence-electron chi connectivity index (χ4n) is 2.13. The fraction of sp³-hybridized carbons (Fsp3) is 0.923. The minimum Gasteiger partial charge on any atom is -0.378 e. The standard InChI is InChI=1S/C13H26N2O2/c1-4-15-13(3,12(14)16)9-10(2)17-8-7-11-5-6-11/h10-11,15H,4-9H2,1-3H3,(H2,14,16). The molecule has 0 aromatic rings. The molecule has 1 rings (SSSR count). The Kier molecular flexibility index (Phi) is 5.40. The van der Waals surface area contributed by atoms with E-state index in [1.165, 1.54) is 12.8 Å². The number of nitrogens with two attached hydrogens (primary N) is 1. The van der Waals surface area contributed by atoms with Gasteiger partial charge in [0.2, 0.25) is 5.91 Å². The molecule has 0 aromatic carbocycles. The summed E-state index contributed by atoms with van der Waals surface area (Å²) in [4.78, 5) is 11.4. The first kappa shape index (κ1) is 14.5. The van der Waals surface area contributed by atoms with Gasteiger partial charge < -0.3 is 15.8 Å². The van der Waals surface area contributed by atoms with Crippen molar-refractivity contribution in [1.29, 1.82) is 0 Å². The van der Waals surface area contributed by atoms with Crippen LogP contribution in [0.3, 0.4) is 0 Å². The smallest absolute Gasteiger partial charge is 0.237 e. The second-order valence-electron chi connectivity index (χ2n) is 5.34. The molecule has 4 heteroatoms. The lowest BCUT2D eigenvalue weighted by Gasteiger charge is -2.29. The summed E-state index contributed by atoms with van der Waals surface area (Å²) in [6.07, 6.45) is 4.55. The summed E-state index contributed by atoms with van der Waals surface area (Å²) in [5.41, 5.74) is 4.78. The SMILES string of the molecule is CCNC(C)(CC(C)OCCC1CC1)C(N)=O. The molecular weight excluding hydrogens is 216 g/mol. The predicted molar refractivity (Wildman–Crippen MR) is 68.6 cm³/mol. The Hall–Kier alpha value is -0.610. The lowest BCUT2D eigenvalue weighted by Crippen LogP contribution is -2.54. The van der Waals surface area contributed by atoms with Gasteiger partial charge in [0.25, 0.3) is 0 Å². The first-order valence-electron chi connectivity index (χ1n) is 6.64. The molecule has 100 valence electrons. The van der Waals surface area contributed by atoms with Crippen LogP contribution in [-0.2, 0) is 9.53 Å². The van der Waals surface area contributed by atoms with Crippen LogP contribution in [0.25, 0.3) is 0 Å². The molecule has 3 N–H and O–H groups in total. The number of likely N-dealkylation sites (N-methyl/N-ethyl adjacent to an activating group) is 1. The monoisotopic (exact) mass is 242 g/mol. The Morgan fingerprint density at radius 3 is 2.71 bits per heavy atom. The second kappa shape index (κ2) is 6.36. The molecule has 17 heavy (non-hydrogen) atoms. The molecule has 0 bridgehead atoms. The number of amides is 1. The highest BCUT2D eigenvalue weighted by molar-refractivity contribution is 5.84. The van der Waals surface area contributed by atoms with Crippen LogP contribution in [0, 0.1) is 5.92 Å². The summed E-state index contributed by atoms with van der Waals surface area (Å²) in [7, 11) is 0. The second-order valence-corrected chi connectivity index (χ2v) is 5.34. The molecule has 0 radical (unpaired) electrons. The van der Waals surface area contributed by atoms with E-state index >= 15 is 0 Å². The van der Waals surface area contributed by atoms with Gasteiger partial charge in [-0.3, -0.25) is 4.79 Å². The maximum atomic E-state index is 11.4. The molecular formula is C13H26N2O2. The molecule has 0 aromatic heterocycles. The molecule has 0 spiro atoms. The van der Waals surface area contributed by atoms with Gasteiger partial charge in [-0.1, -0.05) is 19.8 Å². The number of hydrogen-bond donors (Lipinski definition) is 2. The van der Waals surface area contributed by atoms with Gasteiger partial charge in [-0.05, 0) is 32.7 Å². The van der Waals surface area contributed by atoms with E-state index in [9.17, 15) is 4.79 Å². The Balaban J connectivity index is 2.28. The maximum Gasteiger partial charge on any atom is 0.237 e. The molecule has 1 aliphatic rings. The van der Waals surface area contributed by atoms with Crippen molar-refractivity contribution in [2.24, 2.45) is 11.7 Å². The first-order valence-corrected chi connectivity index (χ1v) is 6.64. The van der Waals surface area contributed by atoms with Gasteiger partial charge in [-0.2, -0.15) is 0 Å². The van der Waals surface area contributed by atoms with Crippen LogP contribution in [0.1, 0.15) is 46.5 Å². The van der Waals surface area contributed by atoms with E-state index in [0.717, 1.165) is 25.5 Å². The Morgan fingerprint density at radius 1 is 1.59 bits per heavy atom. The highest BCUT2D eigenvalue weighted by Gasteiger charge is 2.32. The molecule has 4 nitrogen and oxygen atoms in total. The lowest BCUT2D eigenvalue weighted by molar-refractivity contribution is -0.125. The zero-order valence-corrected chi connectivity index (χ0v) is 11.3. The Bertz CT molecular complexity index is 254. The molecule has 1 fully saturated rings. The topological polar surface area (TPSA) is 64.3 Å². The van der Waals surface area contributed by atoms with Crippen LogP contribution in [-0.4, -0.2) is 30.7 Å². The van der Waals surface area contributed by atoms with E-state index < -0.39 is 5.54 Å². The molecule has 1 amide bonds. The van der Waals surface area contributed by atoms with E-state index in [4.69, 9.17) is 10.5 Å². The van der Waals surface area contributed by atoms with Gasteiger partial charge >= 0.3 is 0 Å². The third-order valence-corrected chi connectivity index (χ3v) is 3.43. The lowest BCUT2D eigenvalue weighted by atomic mass is 9.94. The Morgan fingerprint density at radius 2 is 2.24 bits per heavy atom. The van der Waals surface area contributed by atoms with Gasteiger partial charge in [0.1, 0.15) is 0 Å². The highest BCUT2D eigenvalue weighted by Crippen LogP contribution is 2.32. The largest absolute Gasteiger partial charge is 0.378 e. The number of hydrogen-bond acceptors (Lipinski definition) is 3. The van der Waals surface area contributed by atoms with Crippen molar-refractivity contribution in [2.75, 3.05) is 13.2 Å². The predicted octanol–water partition coefficient (Wildman–Crippen LogP) is 1.44. The van der Waals surface area contributed by atoms with Crippen molar-refractivity contribution in [1.82, 2.24) is 5.32 Å². The van der Waals surface area contributed by atoms with E-state index in [-0.39, 0.29) is 12.0 Å². The molecule has 1 saturated carbocycles. The summed E-state index contributed by atoms with van der Waals surface area (Å²) in [6, 6.07) is 0. The van der Waals surface area contributed by atoms with Crippen molar-refractivity contribution in [2.45, 2.75) is 58.1 Å². The van der Waals surface area contributed by atoms with Crippen molar-refractivity contribution in [3.05, 3.63) is 0 Å². The molecule has 1 aliphatic carbocycles. The molecule has 2 unspecified atom stereocenters. The van der Waals surface area contributed by atoms with Gasteiger partial charge in [-0.15, -0.1) is 0 Å². The zero-order chi connectivity index (χ0) is 12.9. The van der Waals surface area contributed by atoms with Crippen LogP contribution in [0.4, 0.5) is 0 Å². The first-order chi connectivity index (χ1) is 7.98. The number of primary amides is 1. The van der Waals surface area contributed by atoms with Crippen LogP contribution in [0.5, 0.6) is 0 Å². The quantitative estimate of drug-likeness (QED) is 0.643. The summed E-state index contributed by atoms with van der Waals surface area (Å²) in [6.45, 7) is 7.35. The van der Waals surface area contributed by atoms with Crippen LogP contribution in [0.2, 0.25) is 0 Å². The average Bonchev–Trinajstić information content (AvgIpc) is 3.01. The van der Waals surface area contributed by atoms with Crippen molar-refractivity contribution >= 4 is 5.91 Å². The number of rotatable bonds is 9. The van der Waals surface area contributed by atoms with Crippen molar-refractivity contribution in [3.8, 4) is 0 Å². The van der Waals surface area contributed by atoms with E-state index in [1.54, 1.807) is 0 Å². The minimum atomic E-state index is -0.659. The summed E-state index contributed by atoms with van der Waals surface area (Å²) >= 11 is 0. The summed E-state index contributed by atoms with van der Waals surface area (Å²) in [5.74, 6) is 0.579. The number of carbonyl (C=O) groups is 1. The minimum absolute atomic E-state index is 0.0605. The van der Waals surface area contributed by atoms with Gasteiger partial charge in [0, 0.05) is 13.0 Å². The van der Waals surface area contributed by atoms with Gasteiger partial charge in [-0.25, -0.2) is 0 Å². The molecule has 0 heterocycles. The Labute approximate surface area is 104 Å². The van der Waals surface area contributed by atoms with Crippen LogP contribution >= 0.6 is 0 Å². The third-order valence-electron chi connectivity index (χ3n) is 3.43. The third kappa shape index (κ3) is 5.04. The van der Waals surface area contributed by atoms with E-state index in [0.29, 0.717) is 6.42 Å².